The van der Waals surface area contributed by atoms with Crippen LogP contribution in [-0.2, 0) is 19.8 Å². The highest BCUT2D eigenvalue weighted by Crippen LogP contribution is 2.27. The van der Waals surface area contributed by atoms with Gasteiger partial charge in [-0.1, -0.05) is 36.8 Å². The number of carbonyl (C=O) groups is 1. The van der Waals surface area contributed by atoms with Crippen molar-refractivity contribution in [2.45, 2.75) is 32.7 Å². The van der Waals surface area contributed by atoms with Gasteiger partial charge in [0, 0.05) is 13.7 Å². The van der Waals surface area contributed by atoms with Crippen LogP contribution >= 0.6 is 0 Å². The molecular weight excluding hydrogens is 254 g/mol. The minimum Gasteiger partial charge on any atom is -0.464 e. The van der Waals surface area contributed by atoms with Crippen molar-refractivity contribution < 1.29 is 14.3 Å². The third kappa shape index (κ3) is 3.81. The molecule has 1 rings (SSSR count). The molecule has 0 amide bonds. The van der Waals surface area contributed by atoms with Crippen LogP contribution in [0, 0.1) is 6.92 Å². The summed E-state index contributed by atoms with van der Waals surface area (Å²) in [6, 6.07) is 7.99. The third-order valence-electron chi connectivity index (χ3n) is 3.43. The first kappa shape index (κ1) is 16.7. The van der Waals surface area contributed by atoms with Crippen LogP contribution in [-0.4, -0.2) is 32.8 Å². The molecule has 112 valence electrons. The zero-order chi connectivity index (χ0) is 15.0. The molecule has 0 radical (unpaired) electrons. The molecular formula is C16H25NO3. The van der Waals surface area contributed by atoms with Crippen molar-refractivity contribution in [3.05, 3.63) is 35.4 Å². The lowest BCUT2D eigenvalue weighted by Gasteiger charge is -2.32. The number of methoxy groups -OCH3 is 1. The molecule has 0 spiro atoms. The number of rotatable bonds is 8. The summed E-state index contributed by atoms with van der Waals surface area (Å²) < 4.78 is 10.3. The molecule has 1 aromatic rings. The quantitative estimate of drug-likeness (QED) is 0.586. The second-order valence-corrected chi connectivity index (χ2v) is 4.76. The van der Waals surface area contributed by atoms with E-state index in [0.717, 1.165) is 5.56 Å². The van der Waals surface area contributed by atoms with Crippen molar-refractivity contribution in [3.8, 4) is 0 Å². The minimum atomic E-state index is -0.803. The molecule has 4 nitrogen and oxygen atoms in total. The van der Waals surface area contributed by atoms with Gasteiger partial charge >= 0.3 is 5.97 Å². The number of hydrogen-bond acceptors (Lipinski definition) is 4. The van der Waals surface area contributed by atoms with Gasteiger partial charge in [-0.15, -0.1) is 0 Å². The molecule has 1 atom stereocenters. The normalized spacial score (nSPS) is 13.8. The van der Waals surface area contributed by atoms with Gasteiger partial charge in [-0.05, 0) is 25.8 Å². The van der Waals surface area contributed by atoms with Gasteiger partial charge in [-0.3, -0.25) is 5.32 Å². The summed E-state index contributed by atoms with van der Waals surface area (Å²) in [5.41, 5.74) is 1.29. The molecule has 0 fully saturated rings. The molecule has 0 aliphatic heterocycles. The smallest absolute Gasteiger partial charge is 0.330 e. The van der Waals surface area contributed by atoms with Crippen LogP contribution in [0.4, 0.5) is 0 Å². The summed E-state index contributed by atoms with van der Waals surface area (Å²) in [6.07, 6.45) is 0.624. The Morgan fingerprint density at radius 1 is 1.25 bits per heavy atom. The lowest BCUT2D eigenvalue weighted by atomic mass is 9.86. The number of aryl methyl sites for hydroxylation is 1. The van der Waals surface area contributed by atoms with Gasteiger partial charge in [-0.25, -0.2) is 4.79 Å². The fourth-order valence-electron chi connectivity index (χ4n) is 2.22. The predicted octanol–water partition coefficient (Wildman–Crippen LogP) is 2.40. The summed E-state index contributed by atoms with van der Waals surface area (Å²) >= 11 is 0. The van der Waals surface area contributed by atoms with Crippen molar-refractivity contribution >= 4 is 5.97 Å². The molecule has 0 aliphatic rings. The fourth-order valence-corrected chi connectivity index (χ4v) is 2.22. The Bertz CT molecular complexity index is 416. The van der Waals surface area contributed by atoms with Crippen molar-refractivity contribution in [2.24, 2.45) is 0 Å². The van der Waals surface area contributed by atoms with Crippen LogP contribution in [0.25, 0.3) is 0 Å². The van der Waals surface area contributed by atoms with Gasteiger partial charge in [0.2, 0.25) is 0 Å². The van der Waals surface area contributed by atoms with Crippen molar-refractivity contribution in [1.29, 1.82) is 0 Å². The Labute approximate surface area is 121 Å². The summed E-state index contributed by atoms with van der Waals surface area (Å²) in [4.78, 5) is 12.5. The van der Waals surface area contributed by atoms with Gasteiger partial charge in [0.15, 0.2) is 0 Å². The third-order valence-corrected chi connectivity index (χ3v) is 3.43. The van der Waals surface area contributed by atoms with Gasteiger partial charge < -0.3 is 9.47 Å². The van der Waals surface area contributed by atoms with Gasteiger partial charge in [0.05, 0.1) is 13.2 Å². The number of hydrogen-bond donors (Lipinski definition) is 1. The molecule has 1 N–H and O–H groups in total. The van der Waals surface area contributed by atoms with Crippen LogP contribution in [0.5, 0.6) is 0 Å². The summed E-state index contributed by atoms with van der Waals surface area (Å²) in [6.45, 7) is 7.35. The SMILES string of the molecule is CCOC(=O)C(CC)(NCCOC)c1ccc(C)cc1. The highest BCUT2D eigenvalue weighted by atomic mass is 16.5. The van der Waals surface area contributed by atoms with E-state index in [1.54, 1.807) is 7.11 Å². The van der Waals surface area contributed by atoms with E-state index < -0.39 is 5.54 Å². The highest BCUT2D eigenvalue weighted by molar-refractivity contribution is 5.82. The Hall–Kier alpha value is -1.39. The Morgan fingerprint density at radius 3 is 2.40 bits per heavy atom. The van der Waals surface area contributed by atoms with Crippen molar-refractivity contribution in [3.63, 3.8) is 0 Å². The maximum absolute atomic E-state index is 12.5. The van der Waals surface area contributed by atoms with E-state index in [2.05, 4.69) is 5.32 Å². The van der Waals surface area contributed by atoms with Crippen molar-refractivity contribution in [2.75, 3.05) is 26.9 Å². The second kappa shape index (κ2) is 8.02. The number of esters is 1. The lowest BCUT2D eigenvalue weighted by molar-refractivity contribution is -0.152. The van der Waals surface area contributed by atoms with Crippen LogP contribution in [0.3, 0.4) is 0 Å². The molecule has 0 aliphatic carbocycles. The maximum atomic E-state index is 12.5. The fraction of sp³-hybridized carbons (Fsp3) is 0.562. The van der Waals surface area contributed by atoms with E-state index >= 15 is 0 Å². The molecule has 4 heteroatoms. The van der Waals surface area contributed by atoms with E-state index in [1.165, 1.54) is 5.56 Å². The minimum absolute atomic E-state index is 0.234. The first-order chi connectivity index (χ1) is 9.60. The standard InChI is InChI=1S/C16H25NO3/c1-5-16(15(18)20-6-2,17-11-12-19-4)14-9-7-13(3)8-10-14/h7-10,17H,5-6,11-12H2,1-4H3. The zero-order valence-electron chi connectivity index (χ0n) is 12.9. The van der Waals surface area contributed by atoms with Gasteiger partial charge in [0.1, 0.15) is 5.54 Å². The molecule has 0 heterocycles. The average molecular weight is 279 g/mol. The van der Waals surface area contributed by atoms with Crippen LogP contribution in [0.1, 0.15) is 31.4 Å². The highest BCUT2D eigenvalue weighted by Gasteiger charge is 2.39. The lowest BCUT2D eigenvalue weighted by Crippen LogP contribution is -2.50. The van der Waals surface area contributed by atoms with E-state index in [4.69, 9.17) is 9.47 Å². The molecule has 0 saturated heterocycles. The van der Waals surface area contributed by atoms with Crippen LogP contribution < -0.4 is 5.32 Å². The second-order valence-electron chi connectivity index (χ2n) is 4.76. The summed E-state index contributed by atoms with van der Waals surface area (Å²) in [5.74, 6) is -0.234. The molecule has 1 unspecified atom stereocenters. The molecule has 0 saturated carbocycles. The molecule has 0 bridgehead atoms. The topological polar surface area (TPSA) is 47.6 Å². The van der Waals surface area contributed by atoms with Gasteiger partial charge in [0.25, 0.3) is 0 Å². The maximum Gasteiger partial charge on any atom is 0.330 e. The van der Waals surface area contributed by atoms with E-state index in [1.807, 2.05) is 45.0 Å². The summed E-state index contributed by atoms with van der Waals surface area (Å²) in [5, 5.41) is 3.30. The number of carbonyl (C=O) groups excluding carboxylic acids is 1. The van der Waals surface area contributed by atoms with Gasteiger partial charge in [-0.2, -0.15) is 0 Å². The largest absolute Gasteiger partial charge is 0.464 e. The monoisotopic (exact) mass is 279 g/mol. The molecule has 0 aromatic heterocycles. The van der Waals surface area contributed by atoms with Crippen molar-refractivity contribution in [1.82, 2.24) is 5.32 Å². The Kier molecular flexibility index (Phi) is 6.68. The number of benzene rings is 1. The molecule has 1 aromatic carbocycles. The van der Waals surface area contributed by atoms with E-state index in [9.17, 15) is 4.79 Å². The first-order valence-electron chi connectivity index (χ1n) is 7.09. The Balaban J connectivity index is 3.08. The first-order valence-corrected chi connectivity index (χ1v) is 7.09. The molecule has 20 heavy (non-hydrogen) atoms. The average Bonchev–Trinajstić information content (AvgIpc) is 2.45. The number of ether oxygens (including phenoxy) is 2. The zero-order valence-corrected chi connectivity index (χ0v) is 12.9. The predicted molar refractivity (Wildman–Crippen MR) is 79.7 cm³/mol. The Morgan fingerprint density at radius 2 is 1.90 bits per heavy atom. The van der Waals surface area contributed by atoms with Crippen LogP contribution in [0.15, 0.2) is 24.3 Å². The van der Waals surface area contributed by atoms with E-state index in [0.29, 0.717) is 26.2 Å². The number of nitrogens with one attached hydrogen (secondary N) is 1. The van der Waals surface area contributed by atoms with Crippen LogP contribution in [0.2, 0.25) is 0 Å². The van der Waals surface area contributed by atoms with E-state index in [-0.39, 0.29) is 5.97 Å². The summed E-state index contributed by atoms with van der Waals surface area (Å²) in [7, 11) is 1.64.